The highest BCUT2D eigenvalue weighted by Gasteiger charge is 2.15. The first kappa shape index (κ1) is 15.0. The molecular weight excluding hydrogens is 294 g/mol. The van der Waals surface area contributed by atoms with E-state index < -0.39 is 0 Å². The fourth-order valence-corrected chi connectivity index (χ4v) is 2.62. The van der Waals surface area contributed by atoms with Crippen LogP contribution in [0.1, 0.15) is 33.1 Å². The molecule has 7 nitrogen and oxygen atoms in total. The first-order chi connectivity index (χ1) is 10.8. The molecule has 0 bridgehead atoms. The molecule has 0 saturated carbocycles. The molecule has 0 aliphatic heterocycles. The van der Waals surface area contributed by atoms with Gasteiger partial charge in [-0.15, -0.1) is 0 Å². The number of aromatic amines is 1. The molecule has 0 radical (unpaired) electrons. The Balaban J connectivity index is 1.98. The van der Waals surface area contributed by atoms with Gasteiger partial charge in [0.05, 0.1) is 5.69 Å². The highest BCUT2D eigenvalue weighted by molar-refractivity contribution is 6.04. The van der Waals surface area contributed by atoms with Crippen LogP contribution in [-0.4, -0.2) is 25.5 Å². The topological polar surface area (TPSA) is 92.2 Å². The summed E-state index contributed by atoms with van der Waals surface area (Å²) in [6.45, 7) is 7.32. The van der Waals surface area contributed by atoms with Crippen molar-refractivity contribution in [3.8, 4) is 0 Å². The predicted octanol–water partition coefficient (Wildman–Crippen LogP) is 1.90. The fourth-order valence-electron chi connectivity index (χ4n) is 2.62. The number of carbonyl (C=O) groups is 1. The highest BCUT2D eigenvalue weighted by atomic mass is 16.2. The molecule has 0 aliphatic rings. The molecular formula is C16H17N5O2. The summed E-state index contributed by atoms with van der Waals surface area (Å²) >= 11 is 0. The van der Waals surface area contributed by atoms with Crippen molar-refractivity contribution >= 4 is 17.2 Å². The van der Waals surface area contributed by atoms with E-state index >= 15 is 0 Å². The standard InChI is InChI=1S/C16H17N5O2/c1-8-5-14(22)18-11(4)15(8)19-16(23)12-7-13-17-9(2)6-10(3)21(13)20-12/h5-7H,1-4H3,(H,18,22)(H,19,23). The molecule has 23 heavy (non-hydrogen) atoms. The quantitative estimate of drug-likeness (QED) is 0.756. The van der Waals surface area contributed by atoms with Crippen molar-refractivity contribution in [2.24, 2.45) is 0 Å². The molecule has 1 amide bonds. The number of nitrogens with zero attached hydrogens (tertiary/aromatic N) is 3. The monoisotopic (exact) mass is 311 g/mol. The van der Waals surface area contributed by atoms with Gasteiger partial charge in [0.25, 0.3) is 5.91 Å². The van der Waals surface area contributed by atoms with E-state index in [9.17, 15) is 9.59 Å². The van der Waals surface area contributed by atoms with Gasteiger partial charge in [-0.3, -0.25) is 9.59 Å². The Bertz CT molecular complexity index is 958. The Morgan fingerprint density at radius 1 is 1.17 bits per heavy atom. The van der Waals surface area contributed by atoms with Crippen LogP contribution in [-0.2, 0) is 0 Å². The lowest BCUT2D eigenvalue weighted by atomic mass is 10.2. The molecule has 0 spiro atoms. The Labute approximate surface area is 132 Å². The Kier molecular flexibility index (Phi) is 3.48. The van der Waals surface area contributed by atoms with Crippen molar-refractivity contribution in [2.75, 3.05) is 5.32 Å². The zero-order chi connectivity index (χ0) is 16.7. The molecule has 3 rings (SSSR count). The third kappa shape index (κ3) is 2.73. The number of nitrogens with one attached hydrogen (secondary N) is 2. The van der Waals surface area contributed by atoms with E-state index in [0.29, 0.717) is 22.6 Å². The van der Waals surface area contributed by atoms with Crippen LogP contribution in [0.25, 0.3) is 5.65 Å². The second kappa shape index (κ2) is 5.35. The smallest absolute Gasteiger partial charge is 0.276 e. The minimum atomic E-state index is -0.342. The van der Waals surface area contributed by atoms with Crippen LogP contribution in [0.3, 0.4) is 0 Å². The van der Waals surface area contributed by atoms with E-state index in [0.717, 1.165) is 11.4 Å². The van der Waals surface area contributed by atoms with E-state index in [2.05, 4.69) is 20.4 Å². The fraction of sp³-hybridized carbons (Fsp3) is 0.250. The second-order valence-corrected chi connectivity index (χ2v) is 5.61. The third-order valence-corrected chi connectivity index (χ3v) is 3.63. The van der Waals surface area contributed by atoms with Gasteiger partial charge in [0.15, 0.2) is 11.3 Å². The summed E-state index contributed by atoms with van der Waals surface area (Å²) < 4.78 is 1.63. The molecule has 118 valence electrons. The van der Waals surface area contributed by atoms with Crippen molar-refractivity contribution in [3.05, 3.63) is 56.9 Å². The number of pyridine rings is 1. The molecule has 0 fully saturated rings. The number of carbonyl (C=O) groups excluding carboxylic acids is 1. The third-order valence-electron chi connectivity index (χ3n) is 3.63. The summed E-state index contributed by atoms with van der Waals surface area (Å²) in [5, 5.41) is 7.10. The van der Waals surface area contributed by atoms with Crippen molar-refractivity contribution in [2.45, 2.75) is 27.7 Å². The van der Waals surface area contributed by atoms with Gasteiger partial charge in [-0.05, 0) is 39.3 Å². The van der Waals surface area contributed by atoms with Gasteiger partial charge < -0.3 is 10.3 Å². The minimum Gasteiger partial charge on any atom is -0.324 e. The Morgan fingerprint density at radius 2 is 1.91 bits per heavy atom. The first-order valence-electron chi connectivity index (χ1n) is 7.21. The average molecular weight is 311 g/mol. The predicted molar refractivity (Wildman–Crippen MR) is 87.0 cm³/mol. The Hall–Kier alpha value is -2.96. The van der Waals surface area contributed by atoms with Gasteiger partial charge in [0, 0.05) is 29.2 Å². The second-order valence-electron chi connectivity index (χ2n) is 5.61. The largest absolute Gasteiger partial charge is 0.324 e. The van der Waals surface area contributed by atoms with Crippen LogP contribution >= 0.6 is 0 Å². The van der Waals surface area contributed by atoms with Crippen LogP contribution in [0.5, 0.6) is 0 Å². The zero-order valence-electron chi connectivity index (χ0n) is 13.4. The number of amides is 1. The number of H-pyrrole nitrogens is 1. The summed E-state index contributed by atoms with van der Waals surface area (Å²) in [6.07, 6.45) is 0. The lowest BCUT2D eigenvalue weighted by Crippen LogP contribution is -2.17. The minimum absolute atomic E-state index is 0.193. The van der Waals surface area contributed by atoms with Crippen LogP contribution in [0.15, 0.2) is 23.0 Å². The van der Waals surface area contributed by atoms with Crippen LogP contribution in [0, 0.1) is 27.7 Å². The zero-order valence-corrected chi connectivity index (χ0v) is 13.4. The van der Waals surface area contributed by atoms with E-state index in [-0.39, 0.29) is 17.2 Å². The molecule has 0 atom stereocenters. The number of anilines is 1. The number of fused-ring (bicyclic) bond motifs is 1. The molecule has 3 aromatic heterocycles. The SMILES string of the molecule is Cc1cc(C)n2nc(C(=O)Nc3c(C)cc(=O)[nH]c3C)cc2n1. The molecule has 0 saturated heterocycles. The maximum absolute atomic E-state index is 12.5. The Morgan fingerprint density at radius 3 is 2.61 bits per heavy atom. The van der Waals surface area contributed by atoms with Crippen molar-refractivity contribution in [1.29, 1.82) is 0 Å². The first-order valence-corrected chi connectivity index (χ1v) is 7.21. The maximum Gasteiger partial charge on any atom is 0.276 e. The molecule has 3 aromatic rings. The van der Waals surface area contributed by atoms with Gasteiger partial charge in [-0.2, -0.15) is 5.10 Å². The molecule has 0 aliphatic carbocycles. The number of hydrogen-bond donors (Lipinski definition) is 2. The van der Waals surface area contributed by atoms with Crippen LogP contribution in [0.4, 0.5) is 5.69 Å². The molecule has 2 N–H and O–H groups in total. The summed E-state index contributed by atoms with van der Waals surface area (Å²) in [4.78, 5) is 30.9. The van der Waals surface area contributed by atoms with Crippen LogP contribution in [0.2, 0.25) is 0 Å². The summed E-state index contributed by atoms with van der Waals surface area (Å²) in [5.74, 6) is -0.342. The van der Waals surface area contributed by atoms with Crippen molar-refractivity contribution < 1.29 is 4.79 Å². The van der Waals surface area contributed by atoms with E-state index in [4.69, 9.17) is 0 Å². The lowest BCUT2D eigenvalue weighted by Gasteiger charge is -2.09. The highest BCUT2D eigenvalue weighted by Crippen LogP contribution is 2.17. The number of aromatic nitrogens is 4. The summed E-state index contributed by atoms with van der Waals surface area (Å²) in [7, 11) is 0. The van der Waals surface area contributed by atoms with Gasteiger partial charge >= 0.3 is 0 Å². The summed E-state index contributed by atoms with van der Waals surface area (Å²) in [6, 6.07) is 4.99. The maximum atomic E-state index is 12.5. The molecule has 3 heterocycles. The van der Waals surface area contributed by atoms with E-state index in [1.807, 2.05) is 19.9 Å². The lowest BCUT2D eigenvalue weighted by molar-refractivity contribution is 0.102. The summed E-state index contributed by atoms with van der Waals surface area (Å²) in [5.41, 5.74) is 4.38. The van der Waals surface area contributed by atoms with Gasteiger partial charge in [-0.1, -0.05) is 0 Å². The number of rotatable bonds is 2. The molecule has 0 aromatic carbocycles. The van der Waals surface area contributed by atoms with E-state index in [1.165, 1.54) is 6.07 Å². The van der Waals surface area contributed by atoms with Gasteiger partial charge in [-0.25, -0.2) is 9.50 Å². The van der Waals surface area contributed by atoms with Crippen molar-refractivity contribution in [3.63, 3.8) is 0 Å². The molecule has 7 heteroatoms. The number of aryl methyl sites for hydroxylation is 4. The normalized spacial score (nSPS) is 11.0. The van der Waals surface area contributed by atoms with Gasteiger partial charge in [0.1, 0.15) is 0 Å². The van der Waals surface area contributed by atoms with E-state index in [1.54, 1.807) is 24.4 Å². The molecule has 0 unspecified atom stereocenters. The number of hydrogen-bond acceptors (Lipinski definition) is 4. The average Bonchev–Trinajstić information content (AvgIpc) is 2.86. The van der Waals surface area contributed by atoms with Gasteiger partial charge in [0.2, 0.25) is 5.56 Å². The van der Waals surface area contributed by atoms with Crippen molar-refractivity contribution in [1.82, 2.24) is 19.6 Å². The van der Waals surface area contributed by atoms with Crippen LogP contribution < -0.4 is 10.9 Å².